The van der Waals surface area contributed by atoms with E-state index in [2.05, 4.69) is 47.9 Å². The van der Waals surface area contributed by atoms with Crippen molar-refractivity contribution in [3.8, 4) is 61.8 Å². The second-order valence-corrected chi connectivity index (χ2v) is 35.5. The van der Waals surface area contributed by atoms with E-state index in [1.165, 1.54) is 5.56 Å². The Hall–Kier alpha value is -13.2. The Morgan fingerprint density at radius 1 is 0.375 bits per heavy atom. The molecule has 5 atom stereocenters. The van der Waals surface area contributed by atoms with Crippen molar-refractivity contribution in [2.75, 3.05) is 86.6 Å². The molecule has 5 aliphatic rings. The molecule has 0 aliphatic carbocycles. The number of Topliss-reactive ketones (excluding diaryl/α,β-unsaturated/α-hetero) is 1. The van der Waals surface area contributed by atoms with E-state index in [1.54, 1.807) is 48.6 Å². The van der Waals surface area contributed by atoms with Crippen molar-refractivity contribution in [1.29, 1.82) is 5.26 Å². The minimum absolute atomic E-state index is 0. The van der Waals surface area contributed by atoms with E-state index in [4.69, 9.17) is 30.3 Å². The van der Waals surface area contributed by atoms with Crippen LogP contribution in [0.5, 0.6) is 0 Å². The fourth-order valence-corrected chi connectivity index (χ4v) is 15.2. The zero-order valence-electron chi connectivity index (χ0n) is 75.3. The van der Waals surface area contributed by atoms with Gasteiger partial charge in [0.15, 0.2) is 12.0 Å². The van der Waals surface area contributed by atoms with E-state index in [-0.39, 0.29) is 73.3 Å². The monoisotopic (exact) mass is 1730 g/mol. The van der Waals surface area contributed by atoms with E-state index >= 15 is 0 Å². The molecule has 5 unspecified atom stereocenters. The van der Waals surface area contributed by atoms with Gasteiger partial charge in [0.1, 0.15) is 16.8 Å². The number of ether oxygens (including phenoxy) is 3. The van der Waals surface area contributed by atoms with Gasteiger partial charge in [0.25, 0.3) is 17.7 Å². The van der Waals surface area contributed by atoms with Crippen LogP contribution in [-0.2, 0) is 14.2 Å². The summed E-state index contributed by atoms with van der Waals surface area (Å²) in [5.74, 6) is -0.493. The van der Waals surface area contributed by atoms with Crippen LogP contribution in [0, 0.1) is 17.4 Å². The van der Waals surface area contributed by atoms with Crippen LogP contribution in [0.4, 0.5) is 14.4 Å². The maximum atomic E-state index is 12.9. The number of likely N-dealkylation sites (N-methyl/N-ethyl adjacent to an activating group) is 3. The number of hydrogen-bond donors (Lipinski definition) is 3. The summed E-state index contributed by atoms with van der Waals surface area (Å²) in [4.78, 5) is 109. The molecule has 10 aromatic carbocycles. The van der Waals surface area contributed by atoms with Crippen LogP contribution < -0.4 is 11.1 Å². The molecule has 5 saturated heterocycles. The van der Waals surface area contributed by atoms with Gasteiger partial charge in [-0.3, -0.25) is 19.2 Å². The van der Waals surface area contributed by atoms with Crippen molar-refractivity contribution < 1.29 is 57.7 Å². The molecule has 5 fully saturated rings. The lowest BCUT2D eigenvalue weighted by Gasteiger charge is -2.27. The molecule has 6 amide bonds. The first-order valence-corrected chi connectivity index (χ1v) is 43.6. The Kier molecular flexibility index (Phi) is 36.1. The molecule has 15 rings (SSSR count). The normalized spacial score (nSPS) is 16.7. The van der Waals surface area contributed by atoms with Crippen LogP contribution in [0.2, 0.25) is 0 Å². The number of carboxylic acids is 1. The quantitative estimate of drug-likeness (QED) is 0.0489. The zero-order chi connectivity index (χ0) is 91.4. The van der Waals surface area contributed by atoms with E-state index in [0.29, 0.717) is 68.4 Å². The Bertz CT molecular complexity index is 5250. The first-order chi connectivity index (χ1) is 60.7. The number of nitriles is 1. The molecule has 0 saturated carbocycles. The number of ketones is 1. The van der Waals surface area contributed by atoms with Gasteiger partial charge in [-0.05, 0) is 211 Å². The number of likely N-dealkylation sites (tertiary alicyclic amines) is 4. The van der Waals surface area contributed by atoms with Gasteiger partial charge in [0, 0.05) is 121 Å². The van der Waals surface area contributed by atoms with E-state index < -0.39 is 22.8 Å². The number of carbonyl (C=O) groups is 8. The topological polar surface area (TPSA) is 269 Å². The van der Waals surface area contributed by atoms with Crippen molar-refractivity contribution in [2.24, 2.45) is 11.7 Å². The Balaban J connectivity index is 0.000000176. The number of carbonyl (C=O) groups excluding carboxylic acids is 7. The first-order valence-electron chi connectivity index (χ1n) is 43.6. The molecule has 5 aliphatic heterocycles. The van der Waals surface area contributed by atoms with Crippen molar-refractivity contribution in [1.82, 2.24) is 39.6 Å². The molecule has 672 valence electrons. The third-order valence-electron chi connectivity index (χ3n) is 22.3. The second-order valence-electron chi connectivity index (χ2n) is 35.5. The number of amides is 6. The number of benzene rings is 10. The summed E-state index contributed by atoms with van der Waals surface area (Å²) in [5, 5.41) is 21.0. The average molecular weight is 1730 g/mol. The van der Waals surface area contributed by atoms with Crippen molar-refractivity contribution in [3.05, 3.63) is 301 Å². The van der Waals surface area contributed by atoms with Crippen molar-refractivity contribution >= 4 is 47.8 Å². The van der Waals surface area contributed by atoms with Gasteiger partial charge >= 0.3 is 24.2 Å². The molecular formula is C106H126N10O12. The summed E-state index contributed by atoms with van der Waals surface area (Å²) >= 11 is 0. The molecule has 5 heterocycles. The minimum atomic E-state index is -0.894. The van der Waals surface area contributed by atoms with Gasteiger partial charge in [-0.15, -0.1) is 0 Å². The van der Waals surface area contributed by atoms with Gasteiger partial charge in [0.05, 0.1) is 17.6 Å². The summed E-state index contributed by atoms with van der Waals surface area (Å²) in [6.45, 7) is 23.7. The van der Waals surface area contributed by atoms with Gasteiger partial charge in [0.2, 0.25) is 0 Å². The minimum Gasteiger partial charge on any atom is -0.478 e. The highest BCUT2D eigenvalue weighted by molar-refractivity contribution is 5.98. The maximum absolute atomic E-state index is 12.9. The van der Waals surface area contributed by atoms with E-state index in [9.17, 15) is 38.4 Å². The Morgan fingerprint density at radius 3 is 0.969 bits per heavy atom. The van der Waals surface area contributed by atoms with Gasteiger partial charge in [-0.2, -0.15) is 5.26 Å². The molecule has 0 bridgehead atoms. The fourth-order valence-electron chi connectivity index (χ4n) is 15.2. The van der Waals surface area contributed by atoms with Crippen LogP contribution >= 0.6 is 0 Å². The summed E-state index contributed by atoms with van der Waals surface area (Å²) in [6, 6.07) is 88.8. The highest BCUT2D eigenvalue weighted by Crippen LogP contribution is 2.30. The number of carboxylic acid groups (broad SMARTS) is 1. The Labute approximate surface area is 756 Å². The fraction of sp³-hybridized carbons (Fsp3) is 0.349. The molecule has 4 N–H and O–H groups in total. The number of nitrogens with one attached hydrogen (secondary N) is 1. The first kappa shape index (κ1) is 98.6. The van der Waals surface area contributed by atoms with Crippen LogP contribution in [0.1, 0.15) is 160 Å². The molecule has 10 aromatic rings. The third kappa shape index (κ3) is 30.0. The second kappa shape index (κ2) is 46.8. The molecule has 128 heavy (non-hydrogen) atoms. The number of aromatic carboxylic acids is 1. The van der Waals surface area contributed by atoms with Crippen LogP contribution in [0.3, 0.4) is 0 Å². The smallest absolute Gasteiger partial charge is 0.410 e. The Morgan fingerprint density at radius 2 is 0.664 bits per heavy atom. The van der Waals surface area contributed by atoms with Gasteiger partial charge < -0.3 is 64.7 Å². The van der Waals surface area contributed by atoms with E-state index in [0.717, 1.165) is 119 Å². The lowest BCUT2D eigenvalue weighted by molar-refractivity contribution is 0.0273. The lowest BCUT2D eigenvalue weighted by atomic mass is 9.96. The summed E-state index contributed by atoms with van der Waals surface area (Å²) in [5.41, 5.74) is 18.5. The lowest BCUT2D eigenvalue weighted by Crippen LogP contribution is -2.41. The predicted octanol–water partition coefficient (Wildman–Crippen LogP) is 20.0. The molecule has 0 spiro atoms. The highest BCUT2D eigenvalue weighted by atomic mass is 16.6. The number of hydrogen-bond acceptors (Lipinski definition) is 15. The SMILES string of the molecule is C.CC(C)(C)OC(=O)N1CCC(CC(=O)c2ccc(-c3ccccc3)cc2)C1.CC(C)(C)OC(=O)N1CCC(N)C1.CN(C(=O)c1ccc(-c2ccccc2)cc1)C1CCN(C#N)C1.CN(C(=O)c1ccc(-c2ccccc2)cc1)C1CCN(C(=O)OC(C)(C)C)C1.CN(C(=O)c1ccc(-c2ccccc2)cc1)C1CCNC1.O=C(O)c1ccc(-c2ccccc2)cc1. The summed E-state index contributed by atoms with van der Waals surface area (Å²) < 4.78 is 16.1. The summed E-state index contributed by atoms with van der Waals surface area (Å²) in [7, 11) is 5.51. The molecule has 0 radical (unpaired) electrons. The zero-order valence-corrected chi connectivity index (χ0v) is 75.3. The largest absolute Gasteiger partial charge is 0.478 e. The van der Waals surface area contributed by atoms with Crippen molar-refractivity contribution in [2.45, 2.75) is 149 Å². The van der Waals surface area contributed by atoms with Crippen molar-refractivity contribution in [3.63, 3.8) is 0 Å². The van der Waals surface area contributed by atoms with Gasteiger partial charge in [-0.25, -0.2) is 19.2 Å². The third-order valence-corrected chi connectivity index (χ3v) is 22.3. The molecule has 22 heteroatoms. The standard InChI is InChI=1S/C23H28N2O3.C23H27NO3.C19H19N3O.C18H20N2O.C13H10O2.C9H18N2O2.CH4/c1-23(2,3)28-22(27)25-15-14-20(16-25)24(4)21(26)19-12-10-18(11-13-19)17-8-6-5-7-9-17;1-23(2,3)27-22(26)24-14-13-17(16-24)15-21(25)20-11-9-19(10-12-20)18-7-5-4-6-8-18;1-21(18-11-12-22(13-18)14-20)19(23)17-9-7-16(8-10-17)15-5-3-2-4-6-15;1-20(17-11-12-19-13-17)18(21)16-9-7-15(8-10-16)14-5-3-2-4-6-14;14-13(15)12-8-6-11(7-9-12)10-4-2-1-3-5-10;1-9(2,3)13-8(12)11-5-4-7(10)6-11;/h5-13,20H,14-16H2,1-4H3;4-12,17H,13-16H2,1-3H3;2-10,18H,11-13H2,1H3;2-10,17,19H,11-13H2,1H3;1-9H,(H,14,15);7H,4-6,10H2,1-3H3;1H4. The van der Waals surface area contributed by atoms with E-state index in [1.807, 2.05) is 306 Å². The average Bonchev–Trinajstić information content (AvgIpc) is 1.44. The highest BCUT2D eigenvalue weighted by Gasteiger charge is 2.36. The van der Waals surface area contributed by atoms with Crippen LogP contribution in [0.25, 0.3) is 55.6 Å². The number of nitrogens with zero attached hydrogens (tertiary/aromatic N) is 8. The molecular weight excluding hydrogens is 1610 g/mol. The number of nitrogens with two attached hydrogens (primary N) is 1. The predicted molar refractivity (Wildman–Crippen MR) is 508 cm³/mol. The van der Waals surface area contributed by atoms with Gasteiger partial charge in [-0.1, -0.05) is 232 Å². The van der Waals surface area contributed by atoms with Crippen LogP contribution in [0.15, 0.2) is 273 Å². The maximum Gasteiger partial charge on any atom is 0.410 e. The summed E-state index contributed by atoms with van der Waals surface area (Å²) in [6.07, 6.45) is 6.10. The van der Waals surface area contributed by atoms with Crippen LogP contribution in [-0.4, -0.2) is 215 Å². The molecule has 0 aromatic heterocycles. The number of rotatable bonds is 15. The molecule has 22 nitrogen and oxygen atoms in total.